The van der Waals surface area contributed by atoms with Crippen LogP contribution in [0.4, 0.5) is 0 Å². The first-order valence-electron chi connectivity index (χ1n) is 9.04. The van der Waals surface area contributed by atoms with Gasteiger partial charge < -0.3 is 29.9 Å². The molecule has 1 aliphatic rings. The Labute approximate surface area is 139 Å². The Morgan fingerprint density at radius 1 is 0.783 bits per heavy atom. The van der Waals surface area contributed by atoms with E-state index >= 15 is 0 Å². The Morgan fingerprint density at radius 2 is 1.35 bits per heavy atom. The number of hydrogen-bond acceptors (Lipinski definition) is 6. The van der Waals surface area contributed by atoms with E-state index in [1.807, 2.05) is 0 Å². The van der Waals surface area contributed by atoms with E-state index in [4.69, 9.17) is 14.6 Å². The molecule has 0 bridgehead atoms. The second kappa shape index (κ2) is 12.2. The van der Waals surface area contributed by atoms with Gasteiger partial charge in [-0.25, -0.2) is 0 Å². The van der Waals surface area contributed by atoms with E-state index in [0.29, 0.717) is 6.61 Å². The lowest BCUT2D eigenvalue weighted by molar-refractivity contribution is -0.301. The molecule has 4 N–H and O–H groups in total. The van der Waals surface area contributed by atoms with Crippen LogP contribution in [0.25, 0.3) is 0 Å². The summed E-state index contributed by atoms with van der Waals surface area (Å²) in [6, 6.07) is 0. The SMILES string of the molecule is CCCCCCCCCCCO[C@H]1O[C@H](CO)[C@@H](O)[C@H](O)[C@@H]1O. The van der Waals surface area contributed by atoms with E-state index in [1.165, 1.54) is 44.9 Å². The fourth-order valence-electron chi connectivity index (χ4n) is 2.82. The van der Waals surface area contributed by atoms with Crippen molar-refractivity contribution in [3.05, 3.63) is 0 Å². The van der Waals surface area contributed by atoms with E-state index in [0.717, 1.165) is 12.8 Å². The highest BCUT2D eigenvalue weighted by atomic mass is 16.7. The molecule has 0 radical (unpaired) electrons. The zero-order valence-electron chi connectivity index (χ0n) is 14.3. The van der Waals surface area contributed by atoms with Gasteiger partial charge in [-0.1, -0.05) is 58.3 Å². The largest absolute Gasteiger partial charge is 0.394 e. The quantitative estimate of drug-likeness (QED) is 0.402. The van der Waals surface area contributed by atoms with E-state index in [1.54, 1.807) is 0 Å². The Balaban J connectivity index is 2.06. The third kappa shape index (κ3) is 7.45. The molecule has 1 fully saturated rings. The third-order valence-corrected chi connectivity index (χ3v) is 4.38. The van der Waals surface area contributed by atoms with Crippen LogP contribution in [0.1, 0.15) is 64.7 Å². The lowest BCUT2D eigenvalue weighted by atomic mass is 9.99. The van der Waals surface area contributed by atoms with Gasteiger partial charge >= 0.3 is 0 Å². The van der Waals surface area contributed by atoms with E-state index in [9.17, 15) is 15.3 Å². The fraction of sp³-hybridized carbons (Fsp3) is 1.00. The highest BCUT2D eigenvalue weighted by Crippen LogP contribution is 2.22. The molecule has 138 valence electrons. The van der Waals surface area contributed by atoms with Gasteiger partial charge in [-0.3, -0.25) is 0 Å². The predicted octanol–water partition coefficient (Wildman–Crippen LogP) is 1.33. The summed E-state index contributed by atoms with van der Waals surface area (Å²) in [5.41, 5.74) is 0. The van der Waals surface area contributed by atoms with Gasteiger partial charge in [-0.2, -0.15) is 0 Å². The third-order valence-electron chi connectivity index (χ3n) is 4.38. The Bertz CT molecular complexity index is 286. The minimum Gasteiger partial charge on any atom is -0.394 e. The van der Waals surface area contributed by atoms with Crippen molar-refractivity contribution >= 4 is 0 Å². The minimum atomic E-state index is -1.37. The van der Waals surface area contributed by atoms with Crippen molar-refractivity contribution in [3.63, 3.8) is 0 Å². The summed E-state index contributed by atoms with van der Waals surface area (Å²) in [5.74, 6) is 0. The van der Waals surface area contributed by atoms with Crippen LogP contribution in [0.3, 0.4) is 0 Å². The molecule has 1 aliphatic heterocycles. The second-order valence-corrected chi connectivity index (χ2v) is 6.40. The molecule has 5 atom stereocenters. The molecule has 6 heteroatoms. The number of hydrogen-bond donors (Lipinski definition) is 4. The van der Waals surface area contributed by atoms with Crippen molar-refractivity contribution in [1.29, 1.82) is 0 Å². The van der Waals surface area contributed by atoms with Gasteiger partial charge in [0.1, 0.15) is 24.4 Å². The summed E-state index contributed by atoms with van der Waals surface area (Å²) >= 11 is 0. The van der Waals surface area contributed by atoms with Crippen LogP contribution in [0.2, 0.25) is 0 Å². The number of unbranched alkanes of at least 4 members (excludes halogenated alkanes) is 8. The topological polar surface area (TPSA) is 99.4 Å². The molecular formula is C17H34O6. The van der Waals surface area contributed by atoms with E-state index in [2.05, 4.69) is 6.92 Å². The highest BCUT2D eigenvalue weighted by molar-refractivity contribution is 4.88. The number of aliphatic hydroxyl groups is 4. The van der Waals surface area contributed by atoms with Gasteiger partial charge in [0, 0.05) is 6.61 Å². The fourth-order valence-corrected chi connectivity index (χ4v) is 2.82. The van der Waals surface area contributed by atoms with Crippen LogP contribution in [0.15, 0.2) is 0 Å². The lowest BCUT2D eigenvalue weighted by Crippen LogP contribution is -2.59. The molecule has 0 unspecified atom stereocenters. The van der Waals surface area contributed by atoms with Crippen LogP contribution in [-0.4, -0.2) is 64.3 Å². The van der Waals surface area contributed by atoms with Gasteiger partial charge in [0.05, 0.1) is 6.61 Å². The van der Waals surface area contributed by atoms with E-state index < -0.39 is 37.3 Å². The maximum Gasteiger partial charge on any atom is 0.186 e. The summed E-state index contributed by atoms with van der Waals surface area (Å²) in [4.78, 5) is 0. The lowest BCUT2D eigenvalue weighted by Gasteiger charge is -2.39. The Hall–Kier alpha value is -0.240. The van der Waals surface area contributed by atoms with Gasteiger partial charge in [0.25, 0.3) is 0 Å². The molecule has 1 heterocycles. The molecule has 0 aromatic rings. The molecule has 23 heavy (non-hydrogen) atoms. The Kier molecular flexibility index (Phi) is 11.0. The van der Waals surface area contributed by atoms with Gasteiger partial charge in [-0.15, -0.1) is 0 Å². The molecule has 0 saturated carbocycles. The monoisotopic (exact) mass is 334 g/mol. The molecule has 0 aromatic heterocycles. The van der Waals surface area contributed by atoms with Crippen molar-refractivity contribution in [2.75, 3.05) is 13.2 Å². The first kappa shape index (κ1) is 20.8. The van der Waals surface area contributed by atoms with Crippen LogP contribution in [-0.2, 0) is 9.47 Å². The van der Waals surface area contributed by atoms with Crippen molar-refractivity contribution in [2.24, 2.45) is 0 Å². The van der Waals surface area contributed by atoms with Crippen molar-refractivity contribution in [1.82, 2.24) is 0 Å². The summed E-state index contributed by atoms with van der Waals surface area (Å²) in [6.45, 7) is 2.22. The zero-order chi connectivity index (χ0) is 17.1. The molecular weight excluding hydrogens is 300 g/mol. The Morgan fingerprint density at radius 3 is 1.91 bits per heavy atom. The average molecular weight is 334 g/mol. The van der Waals surface area contributed by atoms with Crippen LogP contribution in [0.5, 0.6) is 0 Å². The molecule has 6 nitrogen and oxygen atoms in total. The molecule has 0 aliphatic carbocycles. The maximum atomic E-state index is 9.82. The number of ether oxygens (including phenoxy) is 2. The van der Waals surface area contributed by atoms with Crippen LogP contribution >= 0.6 is 0 Å². The normalized spacial score (nSPS) is 31.4. The molecule has 0 amide bonds. The number of aliphatic hydroxyl groups excluding tert-OH is 4. The van der Waals surface area contributed by atoms with Crippen molar-refractivity contribution in [2.45, 2.75) is 95.4 Å². The van der Waals surface area contributed by atoms with Gasteiger partial charge in [0.2, 0.25) is 0 Å². The first-order chi connectivity index (χ1) is 11.1. The second-order valence-electron chi connectivity index (χ2n) is 6.40. The van der Waals surface area contributed by atoms with Gasteiger partial charge in [-0.05, 0) is 6.42 Å². The van der Waals surface area contributed by atoms with E-state index in [-0.39, 0.29) is 0 Å². The number of rotatable bonds is 12. The highest BCUT2D eigenvalue weighted by Gasteiger charge is 2.43. The smallest absolute Gasteiger partial charge is 0.186 e. The maximum absolute atomic E-state index is 9.82. The van der Waals surface area contributed by atoms with Crippen molar-refractivity contribution in [3.8, 4) is 0 Å². The van der Waals surface area contributed by atoms with Gasteiger partial charge in [0.15, 0.2) is 6.29 Å². The van der Waals surface area contributed by atoms with Crippen molar-refractivity contribution < 1.29 is 29.9 Å². The van der Waals surface area contributed by atoms with Crippen LogP contribution in [0, 0.1) is 0 Å². The summed E-state index contributed by atoms with van der Waals surface area (Å²) in [6.07, 6.45) is 4.97. The molecule has 1 rings (SSSR count). The zero-order valence-corrected chi connectivity index (χ0v) is 14.3. The van der Waals surface area contributed by atoms with Crippen LogP contribution < -0.4 is 0 Å². The summed E-state index contributed by atoms with van der Waals surface area (Å²) in [5, 5.41) is 38.2. The summed E-state index contributed by atoms with van der Waals surface area (Å²) in [7, 11) is 0. The first-order valence-corrected chi connectivity index (χ1v) is 9.04. The summed E-state index contributed by atoms with van der Waals surface area (Å²) < 4.78 is 10.7. The standard InChI is InChI=1S/C17H34O6/c1-2-3-4-5-6-7-8-9-10-11-22-17-16(21)15(20)14(19)13(12-18)23-17/h13-21H,2-12H2,1H3/t13-,14-,15+,16+,17+/m1/s1. The minimum absolute atomic E-state index is 0.428. The molecule has 0 aromatic carbocycles. The average Bonchev–Trinajstić information content (AvgIpc) is 2.56. The molecule has 0 spiro atoms. The predicted molar refractivity (Wildman–Crippen MR) is 86.9 cm³/mol. The molecule has 1 saturated heterocycles.